The highest BCUT2D eigenvalue weighted by atomic mass is 19.4. The van der Waals surface area contributed by atoms with Crippen LogP contribution in [0.1, 0.15) is 59.5 Å². The number of benzene rings is 2. The second kappa shape index (κ2) is 9.87. The van der Waals surface area contributed by atoms with Crippen molar-refractivity contribution in [3.8, 4) is 0 Å². The maximum absolute atomic E-state index is 14.5. The molecule has 0 aromatic heterocycles. The molecule has 0 radical (unpaired) electrons. The number of carbonyl (C=O) groups is 4. The van der Waals surface area contributed by atoms with Crippen LogP contribution in [0.4, 0.5) is 26.3 Å². The highest BCUT2D eigenvalue weighted by Crippen LogP contribution is 2.56. The summed E-state index contributed by atoms with van der Waals surface area (Å²) < 4.78 is 87.0. The Labute approximate surface area is 198 Å². The molecule has 0 saturated carbocycles. The van der Waals surface area contributed by atoms with Gasteiger partial charge in [-0.2, -0.15) is 26.3 Å². The van der Waals surface area contributed by atoms with Gasteiger partial charge in [0.15, 0.2) is 0 Å². The second-order valence-electron chi connectivity index (χ2n) is 7.32. The number of carboxylic acids is 2. The van der Waals surface area contributed by atoms with Gasteiger partial charge in [0.05, 0.1) is 22.3 Å². The first-order valence-electron chi connectivity index (χ1n) is 9.93. The lowest BCUT2D eigenvalue weighted by Gasteiger charge is -2.38. The van der Waals surface area contributed by atoms with E-state index < -0.39 is 74.9 Å². The fourth-order valence-electron chi connectivity index (χ4n) is 3.68. The Kier molecular flexibility index (Phi) is 7.72. The Balaban J connectivity index is 3.09. The molecule has 0 aliphatic heterocycles. The predicted octanol–water partition coefficient (Wildman–Crippen LogP) is 3.60. The molecule has 0 spiro atoms. The standard InChI is InChI=1S/C22H18F6N2O6/c1-3-30-17(32)15-9-11(5-7-13(15)19(35)36)20(21(23,24)25,22(26,27)28)10-4-6-12(18(33)34)14(8-10)16(31)29-2/h4-9H,3H2,1-2H3,(H,29,31)(H,30,32)(H,33,34)(H,35,36). The molecule has 2 aromatic carbocycles. The minimum atomic E-state index is -6.15. The van der Waals surface area contributed by atoms with Crippen molar-refractivity contribution in [1.82, 2.24) is 10.6 Å². The molecule has 4 N–H and O–H groups in total. The van der Waals surface area contributed by atoms with Gasteiger partial charge in [0.25, 0.3) is 11.8 Å². The molecule has 0 bridgehead atoms. The third-order valence-electron chi connectivity index (χ3n) is 5.27. The van der Waals surface area contributed by atoms with Crippen molar-refractivity contribution in [2.45, 2.75) is 24.7 Å². The topological polar surface area (TPSA) is 133 Å². The van der Waals surface area contributed by atoms with Gasteiger partial charge in [-0.05, 0) is 42.3 Å². The zero-order valence-corrected chi connectivity index (χ0v) is 18.5. The minimum absolute atomic E-state index is 0.113. The van der Waals surface area contributed by atoms with Crippen molar-refractivity contribution in [2.24, 2.45) is 0 Å². The summed E-state index contributed by atoms with van der Waals surface area (Å²) in [4.78, 5) is 47.4. The monoisotopic (exact) mass is 520 g/mol. The van der Waals surface area contributed by atoms with Gasteiger partial charge in [0.1, 0.15) is 0 Å². The molecule has 0 unspecified atom stereocenters. The van der Waals surface area contributed by atoms with E-state index in [9.17, 15) is 55.7 Å². The molecule has 194 valence electrons. The van der Waals surface area contributed by atoms with Crippen LogP contribution in [0.15, 0.2) is 36.4 Å². The van der Waals surface area contributed by atoms with Crippen LogP contribution in [0.5, 0.6) is 0 Å². The van der Waals surface area contributed by atoms with Crippen LogP contribution in [0, 0.1) is 0 Å². The summed E-state index contributed by atoms with van der Waals surface area (Å²) in [5.41, 5.74) is -11.7. The van der Waals surface area contributed by atoms with E-state index in [0.717, 1.165) is 7.05 Å². The first-order valence-corrected chi connectivity index (χ1v) is 9.93. The van der Waals surface area contributed by atoms with E-state index in [4.69, 9.17) is 0 Å². The maximum atomic E-state index is 14.5. The van der Waals surface area contributed by atoms with Crippen molar-refractivity contribution in [2.75, 3.05) is 13.6 Å². The van der Waals surface area contributed by atoms with Crippen molar-refractivity contribution in [1.29, 1.82) is 0 Å². The Bertz CT molecular complexity index is 1210. The van der Waals surface area contributed by atoms with Gasteiger partial charge in [-0.3, -0.25) is 9.59 Å². The largest absolute Gasteiger partial charge is 0.478 e. The smallest absolute Gasteiger partial charge is 0.411 e. The van der Waals surface area contributed by atoms with Crippen LogP contribution in [0.2, 0.25) is 0 Å². The number of hydrogen-bond donors (Lipinski definition) is 4. The van der Waals surface area contributed by atoms with Crippen LogP contribution < -0.4 is 10.6 Å². The molecule has 0 saturated heterocycles. The van der Waals surface area contributed by atoms with Crippen molar-refractivity contribution in [3.05, 3.63) is 69.8 Å². The van der Waals surface area contributed by atoms with Crippen LogP contribution in [0.25, 0.3) is 0 Å². The van der Waals surface area contributed by atoms with Crippen molar-refractivity contribution < 1.29 is 55.7 Å². The Hall–Kier alpha value is -4.10. The molecule has 0 fully saturated rings. The number of hydrogen-bond acceptors (Lipinski definition) is 4. The normalized spacial score (nSPS) is 12.1. The average molecular weight is 520 g/mol. The van der Waals surface area contributed by atoms with Gasteiger partial charge in [-0.25, -0.2) is 9.59 Å². The van der Waals surface area contributed by atoms with Gasteiger partial charge >= 0.3 is 24.3 Å². The van der Waals surface area contributed by atoms with Gasteiger partial charge in [0.2, 0.25) is 5.41 Å². The number of amides is 2. The van der Waals surface area contributed by atoms with Crippen LogP contribution in [-0.4, -0.2) is 59.9 Å². The number of nitrogens with one attached hydrogen (secondary N) is 2. The molecule has 2 amide bonds. The highest BCUT2D eigenvalue weighted by molar-refractivity contribution is 6.06. The summed E-state index contributed by atoms with van der Waals surface area (Å²) in [6, 6.07) is 1.69. The van der Waals surface area contributed by atoms with Crippen LogP contribution in [-0.2, 0) is 5.41 Å². The molecule has 2 rings (SSSR count). The Morgan fingerprint density at radius 2 is 1.11 bits per heavy atom. The SMILES string of the molecule is CCNC(=O)c1cc(C(c2ccc(C(=O)O)c(C(=O)NC)c2)(C(F)(F)F)C(F)(F)F)ccc1C(=O)O. The number of rotatable bonds is 7. The third-order valence-corrected chi connectivity index (χ3v) is 5.27. The summed E-state index contributed by atoms with van der Waals surface area (Å²) in [6.07, 6.45) is -12.3. The lowest BCUT2D eigenvalue weighted by Crippen LogP contribution is -2.55. The van der Waals surface area contributed by atoms with Crippen molar-refractivity contribution in [3.63, 3.8) is 0 Å². The summed E-state index contributed by atoms with van der Waals surface area (Å²) in [5.74, 6) is -6.06. The maximum Gasteiger partial charge on any atom is 0.411 e. The molecule has 0 aliphatic carbocycles. The zero-order chi connectivity index (χ0) is 27.6. The van der Waals surface area contributed by atoms with Crippen LogP contribution in [0.3, 0.4) is 0 Å². The van der Waals surface area contributed by atoms with E-state index in [1.165, 1.54) is 6.92 Å². The van der Waals surface area contributed by atoms with Gasteiger partial charge in [-0.1, -0.05) is 12.1 Å². The summed E-state index contributed by atoms with van der Waals surface area (Å²) in [6.45, 7) is 1.28. The lowest BCUT2D eigenvalue weighted by atomic mass is 9.71. The van der Waals surface area contributed by atoms with E-state index in [1.54, 1.807) is 0 Å². The van der Waals surface area contributed by atoms with E-state index in [-0.39, 0.29) is 30.8 Å². The third kappa shape index (κ3) is 4.70. The van der Waals surface area contributed by atoms with Gasteiger partial charge in [-0.15, -0.1) is 0 Å². The van der Waals surface area contributed by atoms with Gasteiger partial charge in [0, 0.05) is 13.6 Å². The molecule has 2 aromatic rings. The zero-order valence-electron chi connectivity index (χ0n) is 18.5. The number of carbonyl (C=O) groups excluding carboxylic acids is 2. The fraction of sp³-hybridized carbons (Fsp3) is 0.273. The van der Waals surface area contributed by atoms with E-state index in [2.05, 4.69) is 5.32 Å². The minimum Gasteiger partial charge on any atom is -0.478 e. The Morgan fingerprint density at radius 3 is 1.42 bits per heavy atom. The Morgan fingerprint density at radius 1 is 0.722 bits per heavy atom. The number of alkyl halides is 6. The number of carboxylic acid groups (broad SMARTS) is 2. The van der Waals surface area contributed by atoms with Crippen LogP contribution >= 0.6 is 0 Å². The average Bonchev–Trinajstić information content (AvgIpc) is 2.76. The first kappa shape index (κ1) is 28.1. The van der Waals surface area contributed by atoms with Gasteiger partial charge < -0.3 is 20.8 Å². The quantitative estimate of drug-likeness (QED) is 0.413. The molecular formula is C22H18F6N2O6. The van der Waals surface area contributed by atoms with Crippen molar-refractivity contribution >= 4 is 23.8 Å². The first-order chi connectivity index (χ1) is 16.5. The summed E-state index contributed by atoms with van der Waals surface area (Å²) >= 11 is 0. The highest BCUT2D eigenvalue weighted by Gasteiger charge is 2.72. The molecular weight excluding hydrogens is 502 g/mol. The van der Waals surface area contributed by atoms with E-state index in [0.29, 0.717) is 12.1 Å². The summed E-state index contributed by atoms with van der Waals surface area (Å²) in [7, 11) is 0.991. The van der Waals surface area contributed by atoms with E-state index >= 15 is 0 Å². The predicted molar refractivity (Wildman–Crippen MR) is 111 cm³/mol. The molecule has 36 heavy (non-hydrogen) atoms. The molecule has 0 aliphatic rings. The fourth-order valence-corrected chi connectivity index (χ4v) is 3.68. The summed E-state index contributed by atoms with van der Waals surface area (Å²) in [5, 5.41) is 22.6. The second-order valence-corrected chi connectivity index (χ2v) is 7.32. The molecule has 0 atom stereocenters. The number of aromatic carboxylic acids is 2. The molecule has 8 nitrogen and oxygen atoms in total. The number of halogens is 6. The molecule has 14 heteroatoms. The molecule has 0 heterocycles. The van der Waals surface area contributed by atoms with E-state index in [1.807, 2.05) is 5.32 Å². The lowest BCUT2D eigenvalue weighted by molar-refractivity contribution is -0.288.